The third-order valence-corrected chi connectivity index (χ3v) is 6.08. The fraction of sp³-hybridized carbons (Fsp3) is 0.350. The average Bonchev–Trinajstić information content (AvgIpc) is 3.08. The fourth-order valence-electron chi connectivity index (χ4n) is 3.50. The van der Waals surface area contributed by atoms with E-state index in [1.165, 1.54) is 0 Å². The molecule has 1 aromatic heterocycles. The second kappa shape index (κ2) is 7.97. The summed E-state index contributed by atoms with van der Waals surface area (Å²) in [6, 6.07) is 15.7. The second-order valence-corrected chi connectivity index (χ2v) is 9.39. The number of hydrogen-bond donors (Lipinski definition) is 2. The van der Waals surface area contributed by atoms with Crippen molar-refractivity contribution in [2.75, 3.05) is 12.3 Å². The first-order valence-electron chi connectivity index (χ1n) is 8.91. The minimum absolute atomic E-state index is 0.0328. The highest BCUT2D eigenvalue weighted by molar-refractivity contribution is 7.89. The van der Waals surface area contributed by atoms with Crippen LogP contribution >= 0.6 is 0 Å². The number of halogens is 2. The van der Waals surface area contributed by atoms with E-state index in [4.69, 9.17) is 0 Å². The van der Waals surface area contributed by atoms with Gasteiger partial charge in [0.05, 0.1) is 11.7 Å². The first-order chi connectivity index (χ1) is 13.2. The molecule has 5 nitrogen and oxygen atoms in total. The van der Waals surface area contributed by atoms with Crippen molar-refractivity contribution >= 4 is 20.9 Å². The summed E-state index contributed by atoms with van der Waals surface area (Å²) < 4.78 is 51.3. The number of fused-ring (bicyclic) bond motifs is 1. The van der Waals surface area contributed by atoms with Gasteiger partial charge in [-0.05, 0) is 28.7 Å². The summed E-state index contributed by atoms with van der Waals surface area (Å²) in [5.41, 5.74) is 2.35. The second-order valence-electron chi connectivity index (χ2n) is 7.54. The molecule has 0 saturated heterocycles. The summed E-state index contributed by atoms with van der Waals surface area (Å²) in [5.74, 6) is -1.35. The Balaban J connectivity index is 1.96. The molecule has 0 aliphatic rings. The molecule has 0 spiro atoms. The van der Waals surface area contributed by atoms with Gasteiger partial charge in [-0.15, -0.1) is 0 Å². The van der Waals surface area contributed by atoms with Crippen LogP contribution in [0.3, 0.4) is 0 Å². The van der Waals surface area contributed by atoms with Crippen LogP contribution in [0.5, 0.6) is 0 Å². The monoisotopic (exact) mass is 407 g/mol. The third-order valence-electron chi connectivity index (χ3n) is 4.81. The highest BCUT2D eigenvalue weighted by atomic mass is 32.2. The van der Waals surface area contributed by atoms with Gasteiger partial charge in [0.2, 0.25) is 10.0 Å². The minimum Gasteiger partial charge on any atom is -0.278 e. The van der Waals surface area contributed by atoms with Crippen LogP contribution in [0.1, 0.15) is 30.9 Å². The van der Waals surface area contributed by atoms with Gasteiger partial charge in [0.25, 0.3) is 6.43 Å². The molecule has 1 atom stereocenters. The molecule has 8 heteroatoms. The Morgan fingerprint density at radius 3 is 2.50 bits per heavy atom. The lowest BCUT2D eigenvalue weighted by Gasteiger charge is -2.35. The number of nitrogens with zero attached hydrogens (tertiary/aromatic N) is 1. The van der Waals surface area contributed by atoms with Gasteiger partial charge < -0.3 is 0 Å². The van der Waals surface area contributed by atoms with Gasteiger partial charge in [-0.3, -0.25) is 5.10 Å². The van der Waals surface area contributed by atoms with Crippen molar-refractivity contribution in [1.82, 2.24) is 14.9 Å². The number of benzene rings is 2. The summed E-state index contributed by atoms with van der Waals surface area (Å²) in [5, 5.41) is 7.91. The smallest absolute Gasteiger partial charge is 0.253 e. The Bertz CT molecular complexity index is 1030. The topological polar surface area (TPSA) is 74.8 Å². The van der Waals surface area contributed by atoms with Gasteiger partial charge in [-0.1, -0.05) is 50.2 Å². The van der Waals surface area contributed by atoms with Gasteiger partial charge in [0.15, 0.2) is 0 Å². The van der Waals surface area contributed by atoms with Crippen molar-refractivity contribution < 1.29 is 17.2 Å². The highest BCUT2D eigenvalue weighted by Gasteiger charge is 2.34. The molecule has 0 aliphatic carbocycles. The minimum atomic E-state index is -4.05. The van der Waals surface area contributed by atoms with Gasteiger partial charge >= 0.3 is 0 Å². The van der Waals surface area contributed by atoms with Crippen LogP contribution in [-0.2, 0) is 10.0 Å². The van der Waals surface area contributed by atoms with E-state index in [2.05, 4.69) is 14.9 Å². The number of aromatic nitrogens is 2. The molecule has 0 bridgehead atoms. The molecule has 150 valence electrons. The largest absolute Gasteiger partial charge is 0.278 e. The first kappa shape index (κ1) is 20.4. The Labute approximate surface area is 163 Å². The predicted octanol–water partition coefficient (Wildman–Crippen LogP) is 3.91. The Hall–Kier alpha value is -2.32. The van der Waals surface area contributed by atoms with Crippen molar-refractivity contribution in [3.8, 4) is 0 Å². The van der Waals surface area contributed by atoms with E-state index in [0.717, 1.165) is 22.0 Å². The maximum atomic E-state index is 12.5. The molecule has 0 fully saturated rings. The molecule has 0 radical (unpaired) electrons. The standard InChI is InChI=1S/C20H23F2N3O2S/c1-20(2,13-24-28(26,27)12-18(21)22)19(14-6-4-3-5-7-14)15-8-9-17-16(10-15)11-23-25-17/h3-11,18-19,24H,12-13H2,1-2H3,(H,23,25). The average molecular weight is 407 g/mol. The van der Waals surface area contributed by atoms with Crippen LogP contribution < -0.4 is 4.72 Å². The predicted molar refractivity (Wildman–Crippen MR) is 106 cm³/mol. The number of alkyl halides is 2. The van der Waals surface area contributed by atoms with E-state index in [-0.39, 0.29) is 12.5 Å². The van der Waals surface area contributed by atoms with Gasteiger partial charge in [0.1, 0.15) is 5.75 Å². The summed E-state index contributed by atoms with van der Waals surface area (Å²) in [6.07, 6.45) is -1.17. The van der Waals surface area contributed by atoms with Crippen LogP contribution in [0.15, 0.2) is 54.7 Å². The maximum absolute atomic E-state index is 12.5. The van der Waals surface area contributed by atoms with Gasteiger partial charge in [0, 0.05) is 17.8 Å². The number of hydrogen-bond acceptors (Lipinski definition) is 3. The highest BCUT2D eigenvalue weighted by Crippen LogP contribution is 2.41. The van der Waals surface area contributed by atoms with Gasteiger partial charge in [-0.25, -0.2) is 21.9 Å². The van der Waals surface area contributed by atoms with E-state index >= 15 is 0 Å². The maximum Gasteiger partial charge on any atom is 0.253 e. The Kier molecular flexibility index (Phi) is 5.81. The number of H-pyrrole nitrogens is 1. The molecule has 3 aromatic rings. The summed E-state index contributed by atoms with van der Waals surface area (Å²) in [6.45, 7) is 3.88. The summed E-state index contributed by atoms with van der Waals surface area (Å²) in [4.78, 5) is 0. The molecule has 0 amide bonds. The van der Waals surface area contributed by atoms with E-state index in [1.807, 2.05) is 62.4 Å². The lowest BCUT2D eigenvalue weighted by Crippen LogP contribution is -2.40. The summed E-state index contributed by atoms with van der Waals surface area (Å²) in [7, 11) is -4.05. The van der Waals surface area contributed by atoms with E-state index < -0.39 is 27.6 Å². The lowest BCUT2D eigenvalue weighted by molar-refractivity contribution is 0.173. The number of aromatic amines is 1. The molecular formula is C20H23F2N3O2S. The zero-order chi connectivity index (χ0) is 20.4. The molecule has 2 aromatic carbocycles. The zero-order valence-corrected chi connectivity index (χ0v) is 16.5. The number of rotatable bonds is 8. The molecule has 28 heavy (non-hydrogen) atoms. The number of sulfonamides is 1. The van der Waals surface area contributed by atoms with E-state index in [1.54, 1.807) is 6.20 Å². The molecule has 2 N–H and O–H groups in total. The van der Waals surface area contributed by atoms with E-state index in [0.29, 0.717) is 0 Å². The van der Waals surface area contributed by atoms with Crippen molar-refractivity contribution in [2.45, 2.75) is 26.2 Å². The number of nitrogens with one attached hydrogen (secondary N) is 2. The summed E-state index contributed by atoms with van der Waals surface area (Å²) >= 11 is 0. The Morgan fingerprint density at radius 1 is 1.11 bits per heavy atom. The Morgan fingerprint density at radius 2 is 1.82 bits per heavy atom. The van der Waals surface area contributed by atoms with Crippen molar-refractivity contribution in [3.05, 3.63) is 65.9 Å². The molecule has 3 rings (SSSR count). The van der Waals surface area contributed by atoms with E-state index in [9.17, 15) is 17.2 Å². The van der Waals surface area contributed by atoms with Crippen LogP contribution in [0.2, 0.25) is 0 Å². The van der Waals surface area contributed by atoms with Crippen LogP contribution in [0.25, 0.3) is 10.9 Å². The quantitative estimate of drug-likeness (QED) is 0.595. The molecule has 0 aliphatic heterocycles. The van der Waals surface area contributed by atoms with Crippen molar-refractivity contribution in [1.29, 1.82) is 0 Å². The van der Waals surface area contributed by atoms with Crippen LogP contribution in [0, 0.1) is 5.41 Å². The van der Waals surface area contributed by atoms with Gasteiger partial charge in [-0.2, -0.15) is 5.10 Å². The van der Waals surface area contributed by atoms with Crippen molar-refractivity contribution in [2.24, 2.45) is 5.41 Å². The van der Waals surface area contributed by atoms with Crippen molar-refractivity contribution in [3.63, 3.8) is 0 Å². The van der Waals surface area contributed by atoms with Crippen LogP contribution in [-0.4, -0.2) is 37.3 Å². The van der Waals surface area contributed by atoms with Crippen LogP contribution in [0.4, 0.5) is 8.78 Å². The fourth-order valence-corrected chi connectivity index (χ4v) is 4.55. The molecule has 1 unspecified atom stereocenters. The molecule has 0 saturated carbocycles. The molecular weight excluding hydrogens is 384 g/mol. The SMILES string of the molecule is CC(C)(CNS(=O)(=O)CC(F)F)C(c1ccccc1)c1ccc2[nH]ncc2c1. The lowest BCUT2D eigenvalue weighted by atomic mass is 9.71. The first-order valence-corrected chi connectivity index (χ1v) is 10.6. The molecule has 1 heterocycles. The normalized spacial score (nSPS) is 13.9. The zero-order valence-electron chi connectivity index (χ0n) is 15.7. The third kappa shape index (κ3) is 4.74.